The maximum Gasteiger partial charge on any atom is 0.241 e. The highest BCUT2D eigenvalue weighted by Gasteiger charge is 2.31. The van der Waals surface area contributed by atoms with E-state index in [0.717, 1.165) is 11.1 Å². The number of pyridine rings is 1. The summed E-state index contributed by atoms with van der Waals surface area (Å²) in [5, 5.41) is 15.4. The van der Waals surface area contributed by atoms with Gasteiger partial charge in [0.15, 0.2) is 0 Å². The Labute approximate surface area is 197 Å². The molecule has 0 bridgehead atoms. The van der Waals surface area contributed by atoms with Gasteiger partial charge in [-0.05, 0) is 48.5 Å². The number of halogens is 1. The number of hydrogen-bond acceptors (Lipinski definition) is 5. The van der Waals surface area contributed by atoms with Gasteiger partial charge < -0.3 is 16.2 Å². The fourth-order valence-electron chi connectivity index (χ4n) is 3.98. The predicted octanol–water partition coefficient (Wildman–Crippen LogP) is 4.39. The molecule has 0 saturated heterocycles. The molecule has 6 nitrogen and oxygen atoms in total. The number of benzene rings is 3. The molecule has 1 heterocycles. The molecule has 168 valence electrons. The number of likely N-dealkylation sites (N-methyl/N-ethyl adjacent to an activating group) is 1. The van der Waals surface area contributed by atoms with Crippen molar-refractivity contribution in [1.82, 2.24) is 10.3 Å². The van der Waals surface area contributed by atoms with Gasteiger partial charge in [-0.25, -0.2) is 0 Å². The lowest BCUT2D eigenvalue weighted by Gasteiger charge is -2.33. The molecule has 4 rings (SSSR count). The van der Waals surface area contributed by atoms with E-state index in [-0.39, 0.29) is 18.2 Å². The fourth-order valence-corrected chi connectivity index (χ4v) is 4.25. The van der Waals surface area contributed by atoms with Gasteiger partial charge in [0.05, 0.1) is 17.6 Å². The number of nitrogens with one attached hydrogen (secondary N) is 1. The molecule has 0 aliphatic carbocycles. The highest BCUT2D eigenvalue weighted by Crippen LogP contribution is 2.42. The highest BCUT2D eigenvalue weighted by molar-refractivity contribution is 6.35. The summed E-state index contributed by atoms with van der Waals surface area (Å²) in [6.45, 7) is 0.523. The van der Waals surface area contributed by atoms with Crippen LogP contribution in [0.1, 0.15) is 22.7 Å². The summed E-state index contributed by atoms with van der Waals surface area (Å²) in [6.07, 6.45) is 1.61. The molecular weight excluding hydrogens is 436 g/mol. The van der Waals surface area contributed by atoms with Crippen LogP contribution in [0.2, 0.25) is 5.02 Å². The Morgan fingerprint density at radius 3 is 2.52 bits per heavy atom. The third-order valence-corrected chi connectivity index (χ3v) is 5.87. The smallest absolute Gasteiger partial charge is 0.241 e. The third kappa shape index (κ3) is 4.54. The van der Waals surface area contributed by atoms with Crippen molar-refractivity contribution in [3.05, 3.63) is 101 Å². The maximum absolute atomic E-state index is 13.4. The van der Waals surface area contributed by atoms with Crippen LogP contribution in [-0.4, -0.2) is 29.6 Å². The van der Waals surface area contributed by atoms with E-state index in [4.69, 9.17) is 17.3 Å². The lowest BCUT2D eigenvalue weighted by atomic mass is 9.93. The molecule has 0 aliphatic rings. The maximum atomic E-state index is 13.4. The van der Waals surface area contributed by atoms with E-state index in [1.165, 1.54) is 0 Å². The number of nitrogens with zero attached hydrogens (tertiary/aromatic N) is 2. The van der Waals surface area contributed by atoms with Crippen LogP contribution in [0.4, 0.5) is 5.69 Å². The molecule has 0 spiro atoms. The monoisotopic (exact) mass is 460 g/mol. The van der Waals surface area contributed by atoms with Crippen molar-refractivity contribution in [3.8, 4) is 5.75 Å². The molecule has 0 saturated carbocycles. The zero-order valence-corrected chi connectivity index (χ0v) is 19.0. The van der Waals surface area contributed by atoms with Crippen molar-refractivity contribution in [1.29, 1.82) is 0 Å². The second kappa shape index (κ2) is 10.0. The number of fused-ring (bicyclic) bond motifs is 1. The van der Waals surface area contributed by atoms with Gasteiger partial charge in [-0.15, -0.1) is 0 Å². The summed E-state index contributed by atoms with van der Waals surface area (Å²) in [5.41, 5.74) is 9.14. The molecule has 0 radical (unpaired) electrons. The lowest BCUT2D eigenvalue weighted by molar-refractivity contribution is -0.118. The molecule has 1 amide bonds. The first kappa shape index (κ1) is 22.7. The Morgan fingerprint density at radius 1 is 1.12 bits per heavy atom. The van der Waals surface area contributed by atoms with Crippen molar-refractivity contribution in [2.75, 3.05) is 18.5 Å². The average molecular weight is 461 g/mol. The third-order valence-electron chi connectivity index (χ3n) is 5.56. The molecule has 4 aromatic rings. The second-order valence-electron chi connectivity index (χ2n) is 7.67. The van der Waals surface area contributed by atoms with E-state index in [1.807, 2.05) is 54.6 Å². The van der Waals surface area contributed by atoms with Gasteiger partial charge in [0, 0.05) is 29.4 Å². The van der Waals surface area contributed by atoms with Gasteiger partial charge in [0.1, 0.15) is 11.3 Å². The van der Waals surface area contributed by atoms with E-state index in [9.17, 15) is 9.90 Å². The van der Waals surface area contributed by atoms with Gasteiger partial charge in [0.25, 0.3) is 0 Å². The van der Waals surface area contributed by atoms with Crippen LogP contribution in [0.15, 0.2) is 79.0 Å². The van der Waals surface area contributed by atoms with Crippen LogP contribution >= 0.6 is 11.6 Å². The van der Waals surface area contributed by atoms with Crippen LogP contribution in [0.3, 0.4) is 0 Å². The van der Waals surface area contributed by atoms with Crippen LogP contribution in [0.5, 0.6) is 5.75 Å². The fraction of sp³-hybridized carbons (Fsp3) is 0.154. The molecule has 1 unspecified atom stereocenters. The van der Waals surface area contributed by atoms with Crippen LogP contribution in [0.25, 0.3) is 10.9 Å². The Hall–Kier alpha value is -3.45. The number of aromatic nitrogens is 1. The van der Waals surface area contributed by atoms with Gasteiger partial charge in [-0.3, -0.25) is 14.7 Å². The molecule has 1 atom stereocenters. The van der Waals surface area contributed by atoms with Crippen molar-refractivity contribution in [3.63, 3.8) is 0 Å². The Morgan fingerprint density at radius 2 is 1.85 bits per heavy atom. The molecule has 0 aliphatic heterocycles. The van der Waals surface area contributed by atoms with Crippen LogP contribution < -0.4 is 16.0 Å². The van der Waals surface area contributed by atoms with E-state index in [0.29, 0.717) is 33.7 Å². The van der Waals surface area contributed by atoms with Crippen LogP contribution in [-0.2, 0) is 11.3 Å². The number of nitrogens with two attached hydrogens (primary N) is 1. The molecule has 4 N–H and O–H groups in total. The SMILES string of the molecule is CNCC(=O)N(c1ccccc1)C(c1ccc(CN)cc1)c1cc(Cl)c2cccnc2c1O. The minimum Gasteiger partial charge on any atom is -0.505 e. The highest BCUT2D eigenvalue weighted by atomic mass is 35.5. The first-order chi connectivity index (χ1) is 16.0. The zero-order chi connectivity index (χ0) is 23.4. The van der Waals surface area contributed by atoms with Gasteiger partial charge in [-0.1, -0.05) is 54.1 Å². The Kier molecular flexibility index (Phi) is 6.89. The van der Waals surface area contributed by atoms with Gasteiger partial charge >= 0.3 is 0 Å². The predicted molar refractivity (Wildman–Crippen MR) is 132 cm³/mol. The standard InChI is InChI=1S/C26H25ClN4O2/c1-29-16-23(32)31(19-6-3-2-4-7-19)25(18-11-9-17(15-28)10-12-18)21-14-22(27)20-8-5-13-30-24(20)26(21)33/h2-14,25,29,33H,15-16,28H2,1H3. The molecule has 3 aromatic carbocycles. The first-order valence-corrected chi connectivity index (χ1v) is 11.0. The summed E-state index contributed by atoms with van der Waals surface area (Å²) in [5.74, 6) is -0.172. The quantitative estimate of drug-likeness (QED) is 0.380. The molecule has 7 heteroatoms. The zero-order valence-electron chi connectivity index (χ0n) is 18.2. The lowest BCUT2D eigenvalue weighted by Crippen LogP contribution is -2.40. The number of aromatic hydroxyl groups is 1. The molecule has 1 aromatic heterocycles. The van der Waals surface area contributed by atoms with Gasteiger partial charge in [-0.2, -0.15) is 0 Å². The minimum absolute atomic E-state index is 0.0129. The number of phenols is 1. The number of rotatable bonds is 7. The number of carbonyl (C=O) groups is 1. The summed E-state index contributed by atoms with van der Waals surface area (Å²) in [4.78, 5) is 19.5. The van der Waals surface area contributed by atoms with E-state index in [1.54, 1.807) is 36.3 Å². The summed E-state index contributed by atoms with van der Waals surface area (Å²) >= 11 is 6.62. The van der Waals surface area contributed by atoms with Gasteiger partial charge in [0.2, 0.25) is 5.91 Å². The number of hydrogen-bond donors (Lipinski definition) is 3. The summed E-state index contributed by atoms with van der Waals surface area (Å²) < 4.78 is 0. The topological polar surface area (TPSA) is 91.5 Å². The molecular formula is C26H25ClN4O2. The van der Waals surface area contributed by atoms with Crippen LogP contribution in [0, 0.1) is 0 Å². The molecule has 33 heavy (non-hydrogen) atoms. The normalized spacial score (nSPS) is 12.0. The summed E-state index contributed by atoms with van der Waals surface area (Å²) in [7, 11) is 1.72. The minimum atomic E-state index is -0.649. The second-order valence-corrected chi connectivity index (χ2v) is 8.08. The van der Waals surface area contributed by atoms with Crippen molar-refractivity contribution in [2.45, 2.75) is 12.6 Å². The van der Waals surface area contributed by atoms with E-state index < -0.39 is 6.04 Å². The number of amides is 1. The van der Waals surface area contributed by atoms with Crippen molar-refractivity contribution < 1.29 is 9.90 Å². The number of para-hydroxylation sites is 1. The van der Waals surface area contributed by atoms with E-state index in [2.05, 4.69) is 10.3 Å². The Bertz CT molecular complexity index is 1260. The number of phenolic OH excluding ortho intramolecular Hbond substituents is 1. The van der Waals surface area contributed by atoms with Crippen molar-refractivity contribution >= 4 is 34.1 Å². The molecule has 0 fully saturated rings. The average Bonchev–Trinajstić information content (AvgIpc) is 2.86. The van der Waals surface area contributed by atoms with Crippen molar-refractivity contribution in [2.24, 2.45) is 5.73 Å². The largest absolute Gasteiger partial charge is 0.505 e. The first-order valence-electron chi connectivity index (χ1n) is 10.6. The van der Waals surface area contributed by atoms with E-state index >= 15 is 0 Å². The number of carbonyl (C=O) groups excluding carboxylic acids is 1. The number of anilines is 1. The summed E-state index contributed by atoms with van der Waals surface area (Å²) in [6, 6.07) is 21.7. The Balaban J connectivity index is 2.00.